The van der Waals surface area contributed by atoms with Crippen LogP contribution < -0.4 is 25.0 Å². The zero-order chi connectivity index (χ0) is 30.6. The van der Waals surface area contributed by atoms with Crippen LogP contribution in [-0.2, 0) is 19.1 Å². The molecule has 12 heteroatoms. The van der Waals surface area contributed by atoms with Crippen molar-refractivity contribution in [2.24, 2.45) is 0 Å². The number of benzene rings is 3. The molecule has 5 amide bonds. The smallest absolute Gasteiger partial charge is 0.337 e. The lowest BCUT2D eigenvalue weighted by molar-refractivity contribution is -0.122. The Balaban J connectivity index is 1.55. The SMILES string of the molecule is COC(=O)c1ccc(N2C(=O)NC(=O)/C(=C/c3cc(Cl)c(OCC(=O)Nc4cc(C)ccc4C)c(OC)c3)C2=O)cc1. The van der Waals surface area contributed by atoms with Gasteiger partial charge < -0.3 is 19.5 Å². The Morgan fingerprint density at radius 2 is 1.71 bits per heavy atom. The van der Waals surface area contributed by atoms with Crippen molar-refractivity contribution in [3.8, 4) is 11.5 Å². The second kappa shape index (κ2) is 12.6. The standard InChI is InChI=1S/C30H26ClN3O8/c1-16-5-6-17(2)23(11-16)32-25(35)15-42-26-22(31)13-18(14-24(26)40-3)12-21-27(36)33-30(39)34(28(21)37)20-9-7-19(8-10-20)29(38)41-4/h5-14H,15H2,1-4H3,(H,32,35)(H,33,36,39)/b21-12-. The molecule has 1 saturated heterocycles. The van der Waals surface area contributed by atoms with E-state index >= 15 is 0 Å². The molecule has 4 rings (SSSR count). The van der Waals surface area contributed by atoms with Crippen molar-refractivity contribution >= 4 is 58.8 Å². The number of ether oxygens (including phenoxy) is 3. The van der Waals surface area contributed by atoms with E-state index in [1.165, 1.54) is 56.7 Å². The van der Waals surface area contributed by atoms with Gasteiger partial charge in [-0.25, -0.2) is 14.5 Å². The van der Waals surface area contributed by atoms with Crippen LogP contribution in [0.1, 0.15) is 27.0 Å². The molecule has 0 saturated carbocycles. The Hall–Kier alpha value is -5.16. The van der Waals surface area contributed by atoms with E-state index in [0.717, 1.165) is 16.0 Å². The molecular weight excluding hydrogens is 566 g/mol. The number of imide groups is 2. The number of methoxy groups -OCH3 is 2. The molecule has 11 nitrogen and oxygen atoms in total. The summed E-state index contributed by atoms with van der Waals surface area (Å²) < 4.78 is 15.7. The molecule has 42 heavy (non-hydrogen) atoms. The van der Waals surface area contributed by atoms with E-state index in [0.29, 0.717) is 5.69 Å². The van der Waals surface area contributed by atoms with Gasteiger partial charge in [0.05, 0.1) is 30.5 Å². The van der Waals surface area contributed by atoms with Crippen LogP contribution in [0.4, 0.5) is 16.2 Å². The van der Waals surface area contributed by atoms with Crippen molar-refractivity contribution in [2.75, 3.05) is 31.0 Å². The lowest BCUT2D eigenvalue weighted by atomic mass is 10.1. The minimum Gasteiger partial charge on any atom is -0.493 e. The summed E-state index contributed by atoms with van der Waals surface area (Å²) in [5, 5.41) is 4.97. The Kier molecular flexibility index (Phi) is 8.92. The number of hydrogen-bond acceptors (Lipinski definition) is 8. The summed E-state index contributed by atoms with van der Waals surface area (Å²) in [7, 11) is 2.59. The highest BCUT2D eigenvalue weighted by molar-refractivity contribution is 6.39. The number of carbonyl (C=O) groups is 5. The highest BCUT2D eigenvalue weighted by atomic mass is 35.5. The second-order valence-corrected chi connectivity index (χ2v) is 9.59. The first-order valence-electron chi connectivity index (χ1n) is 12.5. The number of urea groups is 1. The van der Waals surface area contributed by atoms with Gasteiger partial charge in [-0.2, -0.15) is 0 Å². The quantitative estimate of drug-likeness (QED) is 0.223. The van der Waals surface area contributed by atoms with Crippen molar-refractivity contribution < 1.29 is 38.2 Å². The number of hydrogen-bond donors (Lipinski definition) is 2. The highest BCUT2D eigenvalue weighted by Crippen LogP contribution is 2.37. The van der Waals surface area contributed by atoms with E-state index in [1.807, 2.05) is 32.0 Å². The zero-order valence-corrected chi connectivity index (χ0v) is 23.8. The van der Waals surface area contributed by atoms with Crippen LogP contribution in [0.5, 0.6) is 11.5 Å². The van der Waals surface area contributed by atoms with Crippen LogP contribution in [0, 0.1) is 13.8 Å². The van der Waals surface area contributed by atoms with Crippen LogP contribution in [0.25, 0.3) is 6.08 Å². The molecule has 0 aromatic heterocycles. The third-order valence-corrected chi connectivity index (χ3v) is 6.51. The van der Waals surface area contributed by atoms with Gasteiger partial charge in [0.1, 0.15) is 5.57 Å². The fraction of sp³-hybridized carbons (Fsp3) is 0.167. The summed E-state index contributed by atoms with van der Waals surface area (Å²) in [6, 6.07) is 13.1. The summed E-state index contributed by atoms with van der Waals surface area (Å²) in [6.45, 7) is 3.42. The molecule has 3 aromatic rings. The summed E-state index contributed by atoms with van der Waals surface area (Å²) in [5.74, 6) is -2.59. The maximum absolute atomic E-state index is 13.3. The van der Waals surface area contributed by atoms with Crippen molar-refractivity contribution in [1.82, 2.24) is 5.32 Å². The van der Waals surface area contributed by atoms with Crippen molar-refractivity contribution in [2.45, 2.75) is 13.8 Å². The van der Waals surface area contributed by atoms with Crippen LogP contribution >= 0.6 is 11.6 Å². The van der Waals surface area contributed by atoms with Gasteiger partial charge in [-0.1, -0.05) is 23.7 Å². The van der Waals surface area contributed by atoms with Crippen LogP contribution in [0.3, 0.4) is 0 Å². The van der Waals surface area contributed by atoms with Crippen LogP contribution in [0.15, 0.2) is 60.2 Å². The average molecular weight is 592 g/mol. The molecule has 0 aliphatic carbocycles. The lowest BCUT2D eigenvalue weighted by Crippen LogP contribution is -2.54. The number of nitrogens with zero attached hydrogens (tertiary/aromatic N) is 1. The summed E-state index contributed by atoms with van der Waals surface area (Å²) in [4.78, 5) is 63.4. The van der Waals surface area contributed by atoms with Gasteiger partial charge in [0.2, 0.25) is 0 Å². The normalized spacial score (nSPS) is 14.0. The number of rotatable bonds is 8. The predicted molar refractivity (Wildman–Crippen MR) is 155 cm³/mol. The first-order chi connectivity index (χ1) is 20.0. The Bertz CT molecular complexity index is 1630. The number of anilines is 2. The van der Waals surface area contributed by atoms with Gasteiger partial charge in [-0.15, -0.1) is 0 Å². The monoisotopic (exact) mass is 591 g/mol. The van der Waals surface area contributed by atoms with Crippen molar-refractivity contribution in [1.29, 1.82) is 0 Å². The molecule has 1 aliphatic heterocycles. The van der Waals surface area contributed by atoms with Gasteiger partial charge in [0.15, 0.2) is 18.1 Å². The summed E-state index contributed by atoms with van der Waals surface area (Å²) in [5.41, 5.74) is 2.81. The summed E-state index contributed by atoms with van der Waals surface area (Å²) in [6.07, 6.45) is 1.24. The molecule has 0 atom stereocenters. The number of barbiturate groups is 1. The minimum atomic E-state index is -0.952. The second-order valence-electron chi connectivity index (χ2n) is 9.19. The fourth-order valence-electron chi connectivity index (χ4n) is 4.08. The van der Waals surface area contributed by atoms with Gasteiger partial charge in [-0.3, -0.25) is 19.7 Å². The van der Waals surface area contributed by atoms with Crippen LogP contribution in [-0.4, -0.2) is 50.5 Å². The number of esters is 1. The average Bonchev–Trinajstić information content (AvgIpc) is 2.96. The molecule has 1 aliphatic rings. The van der Waals surface area contributed by atoms with Gasteiger partial charge >= 0.3 is 12.0 Å². The first-order valence-corrected chi connectivity index (χ1v) is 12.9. The predicted octanol–water partition coefficient (Wildman–Crippen LogP) is 4.44. The number of carbonyl (C=O) groups excluding carboxylic acids is 5. The van der Waals surface area contributed by atoms with Gasteiger partial charge in [0, 0.05) is 5.69 Å². The number of halogens is 1. The molecule has 1 fully saturated rings. The van der Waals surface area contributed by atoms with Crippen LogP contribution in [0.2, 0.25) is 5.02 Å². The molecule has 216 valence electrons. The van der Waals surface area contributed by atoms with Gasteiger partial charge in [0.25, 0.3) is 17.7 Å². The molecule has 3 aromatic carbocycles. The molecule has 0 unspecified atom stereocenters. The third kappa shape index (κ3) is 6.42. The largest absolute Gasteiger partial charge is 0.493 e. The maximum atomic E-state index is 13.3. The first kappa shape index (κ1) is 29.8. The summed E-state index contributed by atoms with van der Waals surface area (Å²) >= 11 is 6.44. The fourth-order valence-corrected chi connectivity index (χ4v) is 4.35. The number of nitrogens with one attached hydrogen (secondary N) is 2. The lowest BCUT2D eigenvalue weighted by Gasteiger charge is -2.26. The molecule has 2 N–H and O–H groups in total. The molecule has 1 heterocycles. The Morgan fingerprint density at radius 1 is 1.00 bits per heavy atom. The van der Waals surface area contributed by atoms with E-state index in [1.54, 1.807) is 0 Å². The zero-order valence-electron chi connectivity index (χ0n) is 23.1. The van der Waals surface area contributed by atoms with E-state index in [-0.39, 0.29) is 45.5 Å². The van der Waals surface area contributed by atoms with Crippen molar-refractivity contribution in [3.05, 3.63) is 87.4 Å². The Labute approximate surface area is 246 Å². The van der Waals surface area contributed by atoms with E-state index in [4.69, 9.17) is 21.1 Å². The number of amides is 5. The van der Waals surface area contributed by atoms with E-state index in [9.17, 15) is 24.0 Å². The molecular formula is C30H26ClN3O8. The Morgan fingerprint density at radius 3 is 2.38 bits per heavy atom. The number of aryl methyl sites for hydroxylation is 2. The van der Waals surface area contributed by atoms with E-state index in [2.05, 4.69) is 15.4 Å². The third-order valence-electron chi connectivity index (χ3n) is 6.23. The topological polar surface area (TPSA) is 140 Å². The molecule has 0 spiro atoms. The highest BCUT2D eigenvalue weighted by Gasteiger charge is 2.37. The maximum Gasteiger partial charge on any atom is 0.337 e. The minimum absolute atomic E-state index is 0.0516. The van der Waals surface area contributed by atoms with Crippen molar-refractivity contribution in [3.63, 3.8) is 0 Å². The van der Waals surface area contributed by atoms with E-state index < -0.39 is 29.7 Å². The molecule has 0 bridgehead atoms. The molecule has 0 radical (unpaired) electrons. The van der Waals surface area contributed by atoms with Gasteiger partial charge in [-0.05, 0) is 79.1 Å².